The van der Waals surface area contributed by atoms with Gasteiger partial charge in [-0.15, -0.1) is 0 Å². The minimum atomic E-state index is -1.00. The van der Waals surface area contributed by atoms with E-state index in [9.17, 15) is 9.59 Å². The highest BCUT2D eigenvalue weighted by Gasteiger charge is 2.38. The average Bonchev–Trinajstić information content (AvgIpc) is 2.23. The fourth-order valence-corrected chi connectivity index (χ4v) is 1.42. The molecule has 4 N–H and O–H groups in total. The van der Waals surface area contributed by atoms with Crippen LogP contribution in [-0.4, -0.2) is 30.1 Å². The first kappa shape index (κ1) is 15.9. The molecule has 0 saturated heterocycles. The van der Waals surface area contributed by atoms with Gasteiger partial charge in [-0.25, -0.2) is 0 Å². The number of rotatable bonds is 8. The molecule has 1 unspecified atom stereocenters. The normalized spacial score (nSPS) is 14.4. The number of hydrogen-bond donors (Lipinski definition) is 3. The topological polar surface area (TPSA) is 92.4 Å². The highest BCUT2D eigenvalue weighted by Crippen LogP contribution is 2.31. The molecule has 5 nitrogen and oxygen atoms in total. The molecule has 0 bridgehead atoms. The van der Waals surface area contributed by atoms with Crippen LogP contribution in [0.4, 0.5) is 0 Å². The molecule has 0 radical (unpaired) electrons. The van der Waals surface area contributed by atoms with Gasteiger partial charge in [-0.05, 0) is 32.2 Å². The molecule has 0 saturated carbocycles. The Hall–Kier alpha value is -1.10. The summed E-state index contributed by atoms with van der Waals surface area (Å²) in [5.41, 5.74) is 4.33. The average molecular weight is 244 g/mol. The minimum Gasteiger partial charge on any atom is -0.481 e. The summed E-state index contributed by atoms with van der Waals surface area (Å²) in [6.45, 7) is 6.41. The standard InChI is InChI=1S/C12H24N2O3/c1-9(2)12(3,11(16)17)8-10(15)14-7-5-4-6-13/h9H,4-8,13H2,1-3H3,(H,14,15)(H,16,17). The third-order valence-electron chi connectivity index (χ3n) is 3.24. The summed E-state index contributed by atoms with van der Waals surface area (Å²) in [5, 5.41) is 11.9. The zero-order chi connectivity index (χ0) is 13.5. The van der Waals surface area contributed by atoms with Crippen LogP contribution in [0.15, 0.2) is 0 Å². The van der Waals surface area contributed by atoms with E-state index in [-0.39, 0.29) is 18.2 Å². The Kier molecular flexibility index (Phi) is 6.80. The lowest BCUT2D eigenvalue weighted by Crippen LogP contribution is -2.39. The van der Waals surface area contributed by atoms with Crippen molar-refractivity contribution in [3.63, 3.8) is 0 Å². The molecule has 0 aliphatic rings. The van der Waals surface area contributed by atoms with Gasteiger partial charge in [0.2, 0.25) is 5.91 Å². The van der Waals surface area contributed by atoms with Gasteiger partial charge in [-0.1, -0.05) is 13.8 Å². The third kappa shape index (κ3) is 5.17. The van der Waals surface area contributed by atoms with Crippen molar-refractivity contribution in [2.24, 2.45) is 17.1 Å². The van der Waals surface area contributed by atoms with Gasteiger partial charge in [-0.2, -0.15) is 0 Å². The van der Waals surface area contributed by atoms with Crippen LogP contribution < -0.4 is 11.1 Å². The number of nitrogens with one attached hydrogen (secondary N) is 1. The summed E-state index contributed by atoms with van der Waals surface area (Å²) in [6, 6.07) is 0. The van der Waals surface area contributed by atoms with Crippen molar-refractivity contribution in [2.75, 3.05) is 13.1 Å². The molecule has 17 heavy (non-hydrogen) atoms. The first-order valence-corrected chi connectivity index (χ1v) is 6.04. The van der Waals surface area contributed by atoms with E-state index in [4.69, 9.17) is 10.8 Å². The van der Waals surface area contributed by atoms with Gasteiger partial charge in [0.25, 0.3) is 0 Å². The molecule has 0 fully saturated rings. The van der Waals surface area contributed by atoms with E-state index in [0.717, 1.165) is 12.8 Å². The number of unbranched alkanes of at least 4 members (excludes halogenated alkanes) is 1. The summed E-state index contributed by atoms with van der Waals surface area (Å²) in [6.07, 6.45) is 1.71. The number of hydrogen-bond acceptors (Lipinski definition) is 3. The van der Waals surface area contributed by atoms with E-state index in [1.807, 2.05) is 13.8 Å². The zero-order valence-corrected chi connectivity index (χ0v) is 11.0. The van der Waals surface area contributed by atoms with Crippen molar-refractivity contribution in [2.45, 2.75) is 40.0 Å². The lowest BCUT2D eigenvalue weighted by Gasteiger charge is -2.28. The Morgan fingerprint density at radius 2 is 1.94 bits per heavy atom. The lowest BCUT2D eigenvalue weighted by molar-refractivity contribution is -0.153. The number of carboxylic acids is 1. The van der Waals surface area contributed by atoms with Crippen molar-refractivity contribution in [3.05, 3.63) is 0 Å². The van der Waals surface area contributed by atoms with E-state index in [1.165, 1.54) is 0 Å². The molecule has 0 aliphatic heterocycles. The maximum Gasteiger partial charge on any atom is 0.310 e. The molecule has 0 aromatic rings. The van der Waals surface area contributed by atoms with Crippen LogP contribution in [-0.2, 0) is 9.59 Å². The van der Waals surface area contributed by atoms with Crippen LogP contribution in [0.25, 0.3) is 0 Å². The SMILES string of the molecule is CC(C)C(C)(CC(=O)NCCCCN)C(=O)O. The smallest absolute Gasteiger partial charge is 0.310 e. The monoisotopic (exact) mass is 244 g/mol. The first-order valence-electron chi connectivity index (χ1n) is 6.04. The lowest BCUT2D eigenvalue weighted by atomic mass is 9.76. The van der Waals surface area contributed by atoms with Crippen LogP contribution in [0.2, 0.25) is 0 Å². The third-order valence-corrected chi connectivity index (χ3v) is 3.24. The van der Waals surface area contributed by atoms with Gasteiger partial charge in [0.15, 0.2) is 0 Å². The number of aliphatic carboxylic acids is 1. The number of amides is 1. The van der Waals surface area contributed by atoms with Crippen LogP contribution in [0.1, 0.15) is 40.0 Å². The Balaban J connectivity index is 4.20. The Labute approximate surface area is 103 Å². The van der Waals surface area contributed by atoms with Gasteiger partial charge in [0.1, 0.15) is 0 Å². The van der Waals surface area contributed by atoms with Gasteiger partial charge in [-0.3, -0.25) is 9.59 Å². The summed E-state index contributed by atoms with van der Waals surface area (Å²) in [4.78, 5) is 22.8. The molecule has 0 rings (SSSR count). The fourth-order valence-electron chi connectivity index (χ4n) is 1.42. The molecule has 0 aromatic heterocycles. The maximum absolute atomic E-state index is 11.6. The summed E-state index contributed by atoms with van der Waals surface area (Å²) in [7, 11) is 0. The van der Waals surface area contributed by atoms with Crippen molar-refractivity contribution < 1.29 is 14.7 Å². The molecule has 1 atom stereocenters. The van der Waals surface area contributed by atoms with E-state index >= 15 is 0 Å². The van der Waals surface area contributed by atoms with Crippen molar-refractivity contribution >= 4 is 11.9 Å². The van der Waals surface area contributed by atoms with Crippen LogP contribution >= 0.6 is 0 Å². The second-order valence-corrected chi connectivity index (χ2v) is 4.90. The predicted octanol–water partition coefficient (Wildman–Crippen LogP) is 0.979. The van der Waals surface area contributed by atoms with Crippen molar-refractivity contribution in [3.8, 4) is 0 Å². The molecule has 0 heterocycles. The number of carbonyl (C=O) groups is 2. The molecule has 1 amide bonds. The fraction of sp³-hybridized carbons (Fsp3) is 0.833. The Bertz CT molecular complexity index is 266. The minimum absolute atomic E-state index is 0.0165. The maximum atomic E-state index is 11.6. The van der Waals surface area contributed by atoms with Crippen molar-refractivity contribution in [1.82, 2.24) is 5.32 Å². The second kappa shape index (κ2) is 7.27. The Morgan fingerprint density at radius 3 is 2.35 bits per heavy atom. The van der Waals surface area contributed by atoms with Crippen LogP contribution in [0.3, 0.4) is 0 Å². The first-order chi connectivity index (χ1) is 7.84. The van der Waals surface area contributed by atoms with E-state index < -0.39 is 11.4 Å². The molecule has 0 aliphatic carbocycles. The molecular formula is C12H24N2O3. The summed E-state index contributed by atoms with van der Waals surface area (Å²) < 4.78 is 0. The van der Waals surface area contributed by atoms with Crippen LogP contribution in [0, 0.1) is 11.3 Å². The predicted molar refractivity (Wildman–Crippen MR) is 66.5 cm³/mol. The molecule has 5 heteroatoms. The number of carbonyl (C=O) groups excluding carboxylic acids is 1. The Morgan fingerprint density at radius 1 is 1.35 bits per heavy atom. The van der Waals surface area contributed by atoms with Gasteiger partial charge < -0.3 is 16.2 Å². The second-order valence-electron chi connectivity index (χ2n) is 4.90. The molecule has 0 spiro atoms. The molecular weight excluding hydrogens is 220 g/mol. The van der Waals surface area contributed by atoms with Crippen molar-refractivity contribution in [1.29, 1.82) is 0 Å². The van der Waals surface area contributed by atoms with Gasteiger partial charge in [0.05, 0.1) is 5.41 Å². The highest BCUT2D eigenvalue weighted by molar-refractivity contribution is 5.84. The summed E-state index contributed by atoms with van der Waals surface area (Å²) in [5.74, 6) is -1.22. The van der Waals surface area contributed by atoms with Crippen LogP contribution in [0.5, 0.6) is 0 Å². The molecule has 0 aromatic carbocycles. The van der Waals surface area contributed by atoms with E-state index in [2.05, 4.69) is 5.32 Å². The van der Waals surface area contributed by atoms with E-state index in [0.29, 0.717) is 13.1 Å². The number of carboxylic acid groups (broad SMARTS) is 1. The summed E-state index contributed by atoms with van der Waals surface area (Å²) >= 11 is 0. The number of nitrogens with two attached hydrogens (primary N) is 1. The largest absolute Gasteiger partial charge is 0.481 e. The van der Waals surface area contributed by atoms with E-state index in [1.54, 1.807) is 6.92 Å². The van der Waals surface area contributed by atoms with Gasteiger partial charge in [0, 0.05) is 13.0 Å². The molecule has 100 valence electrons. The quantitative estimate of drug-likeness (QED) is 0.555. The highest BCUT2D eigenvalue weighted by atomic mass is 16.4. The zero-order valence-electron chi connectivity index (χ0n) is 11.0. The van der Waals surface area contributed by atoms with Gasteiger partial charge >= 0.3 is 5.97 Å².